The summed E-state index contributed by atoms with van der Waals surface area (Å²) in [5.74, 6) is 0.822. The minimum Gasteiger partial charge on any atom is -0.393 e. The Balaban J connectivity index is 1.51. The summed E-state index contributed by atoms with van der Waals surface area (Å²) >= 11 is 0. The van der Waals surface area contributed by atoms with Gasteiger partial charge in [0.05, 0.1) is 11.6 Å². The van der Waals surface area contributed by atoms with Crippen molar-refractivity contribution in [2.24, 2.45) is 7.05 Å². The normalized spacial score (nSPS) is 19.8. The van der Waals surface area contributed by atoms with E-state index in [2.05, 4.69) is 25.7 Å². The molecule has 3 N–H and O–H groups in total. The zero-order valence-electron chi connectivity index (χ0n) is 15.1. The Labute approximate surface area is 156 Å². The molecule has 1 fully saturated rings. The van der Waals surface area contributed by atoms with E-state index in [1.165, 1.54) is 0 Å². The molecule has 0 radical (unpaired) electrons. The third-order valence-corrected chi connectivity index (χ3v) is 4.83. The number of aryl methyl sites for hydroxylation is 1. The van der Waals surface area contributed by atoms with Gasteiger partial charge in [0.1, 0.15) is 0 Å². The molecule has 27 heavy (non-hydrogen) atoms. The fraction of sp³-hybridized carbons (Fsp3) is 0.368. The van der Waals surface area contributed by atoms with E-state index in [1.54, 1.807) is 42.3 Å². The highest BCUT2D eigenvalue weighted by atomic mass is 16.3. The van der Waals surface area contributed by atoms with Crippen molar-refractivity contribution in [1.29, 1.82) is 0 Å². The number of hydrogen-bond donors (Lipinski definition) is 3. The van der Waals surface area contributed by atoms with Crippen molar-refractivity contribution in [3.63, 3.8) is 0 Å². The summed E-state index contributed by atoms with van der Waals surface area (Å²) in [5.41, 5.74) is 1.22. The number of fused-ring (bicyclic) bond motifs is 1. The Bertz CT molecular complexity index is 962. The summed E-state index contributed by atoms with van der Waals surface area (Å²) in [6.07, 6.45) is 6.71. The van der Waals surface area contributed by atoms with Gasteiger partial charge in [0.2, 0.25) is 5.95 Å². The van der Waals surface area contributed by atoms with Crippen LogP contribution in [-0.4, -0.2) is 42.9 Å². The van der Waals surface area contributed by atoms with Gasteiger partial charge in [0, 0.05) is 42.5 Å². The smallest absolute Gasteiger partial charge is 0.256 e. The van der Waals surface area contributed by atoms with Crippen LogP contribution in [0.2, 0.25) is 0 Å². The third-order valence-electron chi connectivity index (χ3n) is 4.83. The number of carbonyl (C=O) groups excluding carboxylic acids is 1. The second kappa shape index (κ2) is 7.32. The Morgan fingerprint density at radius 3 is 2.78 bits per heavy atom. The largest absolute Gasteiger partial charge is 0.393 e. The summed E-state index contributed by atoms with van der Waals surface area (Å²) in [5, 5.41) is 20.8. The Kier molecular flexibility index (Phi) is 4.72. The lowest BCUT2D eigenvalue weighted by Gasteiger charge is -2.26. The van der Waals surface area contributed by atoms with Gasteiger partial charge in [-0.25, -0.2) is 9.97 Å². The molecule has 2 aromatic heterocycles. The molecule has 1 amide bonds. The number of nitrogens with zero attached hydrogens (tertiary/aromatic N) is 4. The van der Waals surface area contributed by atoms with Gasteiger partial charge in [0.25, 0.3) is 5.91 Å². The summed E-state index contributed by atoms with van der Waals surface area (Å²) in [7, 11) is 1.80. The molecule has 8 heteroatoms. The van der Waals surface area contributed by atoms with Gasteiger partial charge >= 0.3 is 0 Å². The molecule has 1 aromatic carbocycles. The third kappa shape index (κ3) is 4.06. The fourth-order valence-corrected chi connectivity index (χ4v) is 3.31. The molecule has 0 saturated heterocycles. The van der Waals surface area contributed by atoms with Crippen LogP contribution in [0, 0.1) is 0 Å². The van der Waals surface area contributed by atoms with Crippen LogP contribution in [0.1, 0.15) is 36.0 Å². The van der Waals surface area contributed by atoms with Crippen molar-refractivity contribution in [1.82, 2.24) is 19.7 Å². The van der Waals surface area contributed by atoms with Crippen molar-refractivity contribution < 1.29 is 9.90 Å². The lowest BCUT2D eigenvalue weighted by atomic mass is 9.93. The molecule has 140 valence electrons. The highest BCUT2D eigenvalue weighted by molar-refractivity contribution is 6.05. The van der Waals surface area contributed by atoms with Crippen LogP contribution in [0.25, 0.3) is 10.9 Å². The van der Waals surface area contributed by atoms with Gasteiger partial charge in [-0.3, -0.25) is 9.48 Å². The number of aliphatic hydroxyl groups is 1. The minimum atomic E-state index is -0.231. The molecule has 8 nitrogen and oxygen atoms in total. The predicted molar refractivity (Wildman–Crippen MR) is 103 cm³/mol. The number of aromatic nitrogens is 4. The number of hydrogen-bond acceptors (Lipinski definition) is 6. The number of nitrogens with one attached hydrogen (secondary N) is 2. The van der Waals surface area contributed by atoms with E-state index < -0.39 is 0 Å². The topological polar surface area (TPSA) is 105 Å². The van der Waals surface area contributed by atoms with E-state index in [0.29, 0.717) is 22.8 Å². The molecule has 0 aliphatic heterocycles. The van der Waals surface area contributed by atoms with Gasteiger partial charge in [-0.2, -0.15) is 5.10 Å². The highest BCUT2D eigenvalue weighted by Crippen LogP contribution is 2.22. The molecule has 0 bridgehead atoms. The summed E-state index contributed by atoms with van der Waals surface area (Å²) < 4.78 is 1.63. The second-order valence-corrected chi connectivity index (χ2v) is 6.95. The molecule has 3 aromatic rings. The van der Waals surface area contributed by atoms with Gasteiger partial charge in [-0.1, -0.05) is 6.07 Å². The first-order valence-electron chi connectivity index (χ1n) is 9.09. The molecule has 0 unspecified atom stereocenters. The zero-order valence-corrected chi connectivity index (χ0v) is 15.1. The molecule has 1 aliphatic rings. The van der Waals surface area contributed by atoms with Crippen LogP contribution >= 0.6 is 0 Å². The SMILES string of the molecule is Cn1ccc(NC(=O)c2ccc3cnc(N[C@H]4CC[C@H](O)CC4)nc3c2)n1. The molecule has 0 spiro atoms. The maximum Gasteiger partial charge on any atom is 0.256 e. The summed E-state index contributed by atoms with van der Waals surface area (Å²) in [4.78, 5) is 21.4. The predicted octanol–water partition coefficient (Wildman–Crippen LogP) is 2.33. The number of carbonyl (C=O) groups is 1. The number of rotatable bonds is 4. The van der Waals surface area contributed by atoms with Crippen LogP contribution in [0.5, 0.6) is 0 Å². The van der Waals surface area contributed by atoms with E-state index in [1.807, 2.05) is 6.07 Å². The highest BCUT2D eigenvalue weighted by Gasteiger charge is 2.20. The minimum absolute atomic E-state index is 0.194. The Morgan fingerprint density at radius 1 is 1.22 bits per heavy atom. The Morgan fingerprint density at radius 2 is 2.04 bits per heavy atom. The van der Waals surface area contributed by atoms with Crippen LogP contribution < -0.4 is 10.6 Å². The van der Waals surface area contributed by atoms with E-state index in [4.69, 9.17) is 0 Å². The van der Waals surface area contributed by atoms with Gasteiger partial charge in [0.15, 0.2) is 5.82 Å². The lowest BCUT2D eigenvalue weighted by Crippen LogP contribution is -2.28. The molecule has 2 heterocycles. The quantitative estimate of drug-likeness (QED) is 0.654. The first-order valence-corrected chi connectivity index (χ1v) is 9.09. The molecule has 4 rings (SSSR count). The molecule has 0 atom stereocenters. The van der Waals surface area contributed by atoms with E-state index in [0.717, 1.165) is 31.1 Å². The maximum absolute atomic E-state index is 12.5. The van der Waals surface area contributed by atoms with Gasteiger partial charge in [-0.05, 0) is 37.8 Å². The van der Waals surface area contributed by atoms with E-state index in [-0.39, 0.29) is 18.1 Å². The first kappa shape index (κ1) is 17.4. The van der Waals surface area contributed by atoms with Crippen molar-refractivity contribution in [2.75, 3.05) is 10.6 Å². The summed E-state index contributed by atoms with van der Waals surface area (Å²) in [6, 6.07) is 7.35. The van der Waals surface area contributed by atoms with Crippen molar-refractivity contribution in [3.8, 4) is 0 Å². The number of aliphatic hydroxyl groups excluding tert-OH is 1. The zero-order chi connectivity index (χ0) is 18.8. The van der Waals surface area contributed by atoms with Crippen LogP contribution in [-0.2, 0) is 7.05 Å². The fourth-order valence-electron chi connectivity index (χ4n) is 3.31. The van der Waals surface area contributed by atoms with Crippen LogP contribution in [0.3, 0.4) is 0 Å². The first-order chi connectivity index (χ1) is 13.1. The maximum atomic E-state index is 12.5. The van der Waals surface area contributed by atoms with Crippen molar-refractivity contribution >= 4 is 28.6 Å². The van der Waals surface area contributed by atoms with Crippen LogP contribution in [0.15, 0.2) is 36.7 Å². The lowest BCUT2D eigenvalue weighted by molar-refractivity contribution is 0.102. The number of anilines is 2. The van der Waals surface area contributed by atoms with Crippen molar-refractivity contribution in [2.45, 2.75) is 37.8 Å². The Hall–Kier alpha value is -3.00. The average molecular weight is 366 g/mol. The number of amides is 1. The summed E-state index contributed by atoms with van der Waals surface area (Å²) in [6.45, 7) is 0. The van der Waals surface area contributed by atoms with Crippen molar-refractivity contribution in [3.05, 3.63) is 42.2 Å². The molecular formula is C19H22N6O2. The molecule has 1 saturated carbocycles. The van der Waals surface area contributed by atoms with Crippen LogP contribution in [0.4, 0.5) is 11.8 Å². The van der Waals surface area contributed by atoms with E-state index >= 15 is 0 Å². The van der Waals surface area contributed by atoms with Gasteiger partial charge < -0.3 is 15.7 Å². The second-order valence-electron chi connectivity index (χ2n) is 6.95. The van der Waals surface area contributed by atoms with Gasteiger partial charge in [-0.15, -0.1) is 0 Å². The number of benzene rings is 1. The molecule has 1 aliphatic carbocycles. The van der Waals surface area contributed by atoms with E-state index in [9.17, 15) is 9.90 Å². The monoisotopic (exact) mass is 366 g/mol. The standard InChI is InChI=1S/C19H22N6O2/c1-25-9-8-17(24-25)23-18(27)12-2-3-13-11-20-19(22-16(13)10-12)21-14-4-6-15(26)7-5-14/h2-3,8-11,14-15,26H,4-7H2,1H3,(H,20,21,22)(H,23,24,27)/t14-,15-. The molecular weight excluding hydrogens is 344 g/mol. The average Bonchev–Trinajstić information content (AvgIpc) is 3.07.